The summed E-state index contributed by atoms with van der Waals surface area (Å²) in [4.78, 5) is 25.1. The molecule has 1 saturated carbocycles. The molecule has 1 spiro atoms. The summed E-state index contributed by atoms with van der Waals surface area (Å²) in [5.74, 6) is -0.230. The third-order valence-electron chi connectivity index (χ3n) is 9.06. The highest BCUT2D eigenvalue weighted by atomic mass is 28.4. The van der Waals surface area contributed by atoms with Crippen LogP contribution in [-0.2, 0) is 9.22 Å². The number of unbranched alkanes of at least 4 members (excludes halogenated alkanes) is 3. The zero-order valence-electron chi connectivity index (χ0n) is 22.8. The summed E-state index contributed by atoms with van der Waals surface area (Å²) in [6.07, 6.45) is 8.83. The van der Waals surface area contributed by atoms with Crippen molar-refractivity contribution in [2.24, 2.45) is 10.8 Å². The van der Waals surface area contributed by atoms with Gasteiger partial charge in [-0.05, 0) is 50.4 Å². The summed E-state index contributed by atoms with van der Waals surface area (Å²) in [5, 5.41) is 23.3. The normalized spacial score (nSPS) is 29.4. The SMILES string of the molecule is CCCC[Si](CCCC)(CCCC)O[C@@H]1C2=C(C)C3(CC3)[C@@](C)(O)C(=O)C2=C[C@@]1(C)CNC(=O)O. The first-order valence-corrected chi connectivity index (χ1v) is 16.3. The van der Waals surface area contributed by atoms with Gasteiger partial charge in [0, 0.05) is 22.9 Å². The number of carboxylic acid groups (broad SMARTS) is 1. The average molecular weight is 506 g/mol. The third-order valence-corrected chi connectivity index (χ3v) is 13.6. The minimum atomic E-state index is -2.17. The number of amides is 1. The monoisotopic (exact) mass is 505 g/mol. The van der Waals surface area contributed by atoms with E-state index in [0.29, 0.717) is 5.57 Å². The Bertz CT molecular complexity index is 866. The van der Waals surface area contributed by atoms with Gasteiger partial charge in [-0.2, -0.15) is 0 Å². The number of aliphatic hydroxyl groups is 1. The molecule has 0 aromatic carbocycles. The Balaban J connectivity index is 2.12. The maximum absolute atomic E-state index is 13.6. The van der Waals surface area contributed by atoms with Crippen LogP contribution >= 0.6 is 0 Å². The summed E-state index contributed by atoms with van der Waals surface area (Å²) in [5.41, 5.74) is -0.0567. The molecule has 1 fully saturated rings. The van der Waals surface area contributed by atoms with E-state index in [-0.39, 0.29) is 18.4 Å². The van der Waals surface area contributed by atoms with Crippen molar-refractivity contribution >= 4 is 20.2 Å². The summed E-state index contributed by atoms with van der Waals surface area (Å²) >= 11 is 0. The maximum atomic E-state index is 13.6. The molecular formula is C28H47NO5Si. The molecule has 0 aromatic heterocycles. The van der Waals surface area contributed by atoms with Crippen molar-refractivity contribution in [3.05, 3.63) is 22.8 Å². The lowest BCUT2D eigenvalue weighted by atomic mass is 9.67. The van der Waals surface area contributed by atoms with Gasteiger partial charge in [-0.3, -0.25) is 4.79 Å². The molecule has 1 amide bonds. The zero-order chi connectivity index (χ0) is 26.1. The standard InChI is InChI=1S/C28H47NO5Si/c1-7-10-15-35(16-11-8-2,17-12-9-3)34-24-22-20(4)28(13-14-28)27(6,33)23(30)21(22)18-26(24,5)19-29-25(31)32/h18,24,29,33H,7-17,19H2,1-6H3,(H,31,32)/t24-,26+,27+/m1/s1. The van der Waals surface area contributed by atoms with Crippen LogP contribution in [-0.4, -0.2) is 48.7 Å². The fraction of sp³-hybridized carbons (Fsp3) is 0.786. The summed E-state index contributed by atoms with van der Waals surface area (Å²) in [6, 6.07) is 3.29. The molecule has 0 heterocycles. The number of nitrogens with one attached hydrogen (secondary N) is 1. The Morgan fingerprint density at radius 1 is 1.09 bits per heavy atom. The number of Topliss-reactive ketones (excluding diaryl/α,β-unsaturated/α-hetero) is 1. The lowest BCUT2D eigenvalue weighted by molar-refractivity contribution is -0.137. The first-order valence-electron chi connectivity index (χ1n) is 13.8. The molecule has 3 rings (SSSR count). The molecule has 35 heavy (non-hydrogen) atoms. The lowest BCUT2D eigenvalue weighted by Crippen LogP contribution is -2.52. The number of fused-ring (bicyclic) bond motifs is 1. The van der Waals surface area contributed by atoms with E-state index in [4.69, 9.17) is 4.43 Å². The number of rotatable bonds is 13. The molecule has 0 aliphatic heterocycles. The quantitative estimate of drug-likeness (QED) is 0.253. The highest BCUT2D eigenvalue weighted by Gasteiger charge is 2.67. The molecule has 0 unspecified atom stereocenters. The van der Waals surface area contributed by atoms with Gasteiger partial charge < -0.3 is 20.0 Å². The van der Waals surface area contributed by atoms with Gasteiger partial charge in [-0.1, -0.05) is 77.9 Å². The van der Waals surface area contributed by atoms with Crippen LogP contribution in [0.3, 0.4) is 0 Å². The second-order valence-electron chi connectivity index (χ2n) is 11.7. The number of hydrogen-bond acceptors (Lipinski definition) is 4. The summed E-state index contributed by atoms with van der Waals surface area (Å²) < 4.78 is 7.39. The van der Waals surface area contributed by atoms with Crippen molar-refractivity contribution in [2.75, 3.05) is 6.54 Å². The van der Waals surface area contributed by atoms with Crippen molar-refractivity contribution in [2.45, 2.75) is 123 Å². The third kappa shape index (κ3) is 5.05. The Morgan fingerprint density at radius 2 is 1.60 bits per heavy atom. The molecule has 3 atom stereocenters. The fourth-order valence-corrected chi connectivity index (χ4v) is 11.5. The van der Waals surface area contributed by atoms with Gasteiger partial charge in [-0.25, -0.2) is 4.79 Å². The number of hydrogen-bond donors (Lipinski definition) is 3. The van der Waals surface area contributed by atoms with E-state index < -0.39 is 30.8 Å². The Hall–Kier alpha value is -1.44. The van der Waals surface area contributed by atoms with E-state index in [0.717, 1.165) is 80.6 Å². The molecular weight excluding hydrogens is 458 g/mol. The fourth-order valence-electron chi connectivity index (χ4n) is 6.53. The molecule has 0 radical (unpaired) electrons. The second kappa shape index (κ2) is 10.5. The maximum Gasteiger partial charge on any atom is 0.404 e. The predicted molar refractivity (Wildman–Crippen MR) is 142 cm³/mol. The smallest absolute Gasteiger partial charge is 0.404 e. The van der Waals surface area contributed by atoms with Crippen LogP contribution in [0, 0.1) is 10.8 Å². The largest absolute Gasteiger partial charge is 0.465 e. The van der Waals surface area contributed by atoms with Gasteiger partial charge in [0.25, 0.3) is 0 Å². The minimum Gasteiger partial charge on any atom is -0.465 e. The van der Waals surface area contributed by atoms with Gasteiger partial charge in [0.2, 0.25) is 0 Å². The second-order valence-corrected chi connectivity index (χ2v) is 15.8. The minimum absolute atomic E-state index is 0.176. The van der Waals surface area contributed by atoms with Crippen molar-refractivity contribution < 1.29 is 24.2 Å². The predicted octanol–water partition coefficient (Wildman–Crippen LogP) is 6.36. The number of carbonyl (C=O) groups is 2. The molecule has 6 nitrogen and oxygen atoms in total. The van der Waals surface area contributed by atoms with E-state index in [1.54, 1.807) is 6.92 Å². The van der Waals surface area contributed by atoms with Crippen molar-refractivity contribution in [1.82, 2.24) is 5.32 Å². The van der Waals surface area contributed by atoms with E-state index in [1.165, 1.54) is 0 Å². The zero-order valence-corrected chi connectivity index (χ0v) is 23.8. The van der Waals surface area contributed by atoms with Crippen LogP contribution in [0.4, 0.5) is 4.79 Å². The van der Waals surface area contributed by atoms with Gasteiger partial charge in [-0.15, -0.1) is 0 Å². The molecule has 7 heteroatoms. The van der Waals surface area contributed by atoms with Crippen molar-refractivity contribution in [1.29, 1.82) is 0 Å². The molecule has 3 aliphatic carbocycles. The van der Waals surface area contributed by atoms with Crippen molar-refractivity contribution in [3.63, 3.8) is 0 Å². The van der Waals surface area contributed by atoms with Crippen LogP contribution in [0.5, 0.6) is 0 Å². The molecule has 198 valence electrons. The Morgan fingerprint density at radius 3 is 2.03 bits per heavy atom. The lowest BCUT2D eigenvalue weighted by Gasteiger charge is -2.44. The summed E-state index contributed by atoms with van der Waals surface area (Å²) in [7, 11) is -2.17. The van der Waals surface area contributed by atoms with Gasteiger partial charge in [0.1, 0.15) is 5.60 Å². The first kappa shape index (κ1) is 28.1. The van der Waals surface area contributed by atoms with E-state index in [2.05, 4.69) is 33.0 Å². The average Bonchev–Trinajstić information content (AvgIpc) is 3.58. The van der Waals surface area contributed by atoms with E-state index in [9.17, 15) is 19.8 Å². The molecule has 3 N–H and O–H groups in total. The molecule has 0 aromatic rings. The van der Waals surface area contributed by atoms with Crippen LogP contribution in [0.25, 0.3) is 0 Å². The van der Waals surface area contributed by atoms with Gasteiger partial charge in [0.05, 0.1) is 6.10 Å². The Kier molecular flexibility index (Phi) is 8.44. The first-order chi connectivity index (χ1) is 16.4. The van der Waals surface area contributed by atoms with Crippen LogP contribution < -0.4 is 5.32 Å². The topological polar surface area (TPSA) is 95.9 Å². The van der Waals surface area contributed by atoms with Crippen molar-refractivity contribution in [3.8, 4) is 0 Å². The Labute approximate surface area is 212 Å². The van der Waals surface area contributed by atoms with E-state index in [1.807, 2.05) is 13.0 Å². The van der Waals surface area contributed by atoms with Crippen LogP contribution in [0.2, 0.25) is 18.1 Å². The van der Waals surface area contributed by atoms with Gasteiger partial charge >= 0.3 is 6.09 Å². The number of carbonyl (C=O) groups excluding carboxylic acids is 1. The highest BCUT2D eigenvalue weighted by Crippen LogP contribution is 2.66. The highest BCUT2D eigenvalue weighted by molar-refractivity contribution is 6.73. The number of ketones is 1. The molecule has 3 aliphatic rings. The van der Waals surface area contributed by atoms with Crippen LogP contribution in [0.15, 0.2) is 22.8 Å². The van der Waals surface area contributed by atoms with Gasteiger partial charge in [0.15, 0.2) is 14.1 Å². The molecule has 0 bridgehead atoms. The molecule has 0 saturated heterocycles. The summed E-state index contributed by atoms with van der Waals surface area (Å²) in [6.45, 7) is 12.6. The van der Waals surface area contributed by atoms with Crippen LogP contribution in [0.1, 0.15) is 92.9 Å². The van der Waals surface area contributed by atoms with E-state index >= 15 is 0 Å².